The summed E-state index contributed by atoms with van der Waals surface area (Å²) in [6, 6.07) is 23.2. The monoisotopic (exact) mass is 711 g/mol. The van der Waals surface area contributed by atoms with Gasteiger partial charge in [0.2, 0.25) is 5.91 Å². The molecule has 48 heavy (non-hydrogen) atoms. The van der Waals surface area contributed by atoms with Crippen LogP contribution in [0.15, 0.2) is 95.6 Å². The van der Waals surface area contributed by atoms with Gasteiger partial charge in [0.1, 0.15) is 0 Å². The zero-order valence-electron chi connectivity index (χ0n) is 27.2. The number of carbonyl (C=O) groups is 2. The second kappa shape index (κ2) is 15.0. The van der Waals surface area contributed by atoms with Crippen LogP contribution in [0.3, 0.4) is 0 Å². The molecule has 9 nitrogen and oxygen atoms in total. The Morgan fingerprint density at radius 1 is 1.00 bits per heavy atom. The highest BCUT2D eigenvalue weighted by Crippen LogP contribution is 2.47. The molecule has 2 aliphatic rings. The van der Waals surface area contributed by atoms with Gasteiger partial charge in [-0.15, -0.1) is 5.10 Å². The Morgan fingerprint density at radius 2 is 1.81 bits per heavy atom. The smallest absolute Gasteiger partial charge is 0.264 e. The van der Waals surface area contributed by atoms with Crippen molar-refractivity contribution in [3.63, 3.8) is 0 Å². The molecule has 4 aromatic rings. The molecular formula is C38H42BrN5O4. The van der Waals surface area contributed by atoms with Gasteiger partial charge in [0.15, 0.2) is 5.60 Å². The lowest BCUT2D eigenvalue weighted by atomic mass is 9.83. The molecule has 0 radical (unpaired) electrons. The normalized spacial score (nSPS) is 19.8. The van der Waals surface area contributed by atoms with Crippen molar-refractivity contribution in [1.29, 1.82) is 0 Å². The van der Waals surface area contributed by atoms with E-state index >= 15 is 0 Å². The minimum absolute atomic E-state index is 0.0646. The molecule has 0 aliphatic carbocycles. The van der Waals surface area contributed by atoms with Gasteiger partial charge in [-0.1, -0.05) is 95.5 Å². The number of anilines is 2. The summed E-state index contributed by atoms with van der Waals surface area (Å²) < 4.78 is 2.52. The number of aromatic nitrogens is 3. The number of aliphatic hydroxyl groups is 2. The first-order valence-corrected chi connectivity index (χ1v) is 17.5. The summed E-state index contributed by atoms with van der Waals surface area (Å²) in [5.41, 5.74) is 2.90. The number of fused-ring (bicyclic) bond motifs is 1. The van der Waals surface area contributed by atoms with Gasteiger partial charge >= 0.3 is 0 Å². The topological polar surface area (TPSA) is 112 Å². The van der Waals surface area contributed by atoms with Crippen molar-refractivity contribution in [1.82, 2.24) is 15.0 Å². The van der Waals surface area contributed by atoms with E-state index in [2.05, 4.69) is 26.2 Å². The maximum atomic E-state index is 14.1. The lowest BCUT2D eigenvalue weighted by Gasteiger charge is -2.28. The van der Waals surface area contributed by atoms with E-state index < -0.39 is 11.5 Å². The maximum Gasteiger partial charge on any atom is 0.264 e. The number of allylic oxidation sites excluding steroid dienone is 1. The van der Waals surface area contributed by atoms with E-state index in [0.717, 1.165) is 47.0 Å². The minimum atomic E-state index is -1.75. The average Bonchev–Trinajstić information content (AvgIpc) is 3.63. The molecule has 1 saturated heterocycles. The molecule has 2 N–H and O–H groups in total. The fourth-order valence-electron chi connectivity index (χ4n) is 6.80. The van der Waals surface area contributed by atoms with Gasteiger partial charge in [-0.25, -0.2) is 0 Å². The van der Waals surface area contributed by atoms with Crippen LogP contribution in [0.4, 0.5) is 11.4 Å². The lowest BCUT2D eigenvalue weighted by Crippen LogP contribution is -2.44. The summed E-state index contributed by atoms with van der Waals surface area (Å²) in [6.07, 6.45) is 11.0. The molecule has 0 bridgehead atoms. The van der Waals surface area contributed by atoms with Crippen molar-refractivity contribution in [2.24, 2.45) is 5.92 Å². The van der Waals surface area contributed by atoms with Crippen LogP contribution >= 0.6 is 15.9 Å². The number of hydrogen-bond acceptors (Lipinski definition) is 6. The van der Waals surface area contributed by atoms with Crippen LogP contribution in [0.25, 0.3) is 0 Å². The highest BCUT2D eigenvalue weighted by Gasteiger charge is 2.52. The van der Waals surface area contributed by atoms with Crippen molar-refractivity contribution in [2.75, 3.05) is 23.0 Å². The molecule has 10 heteroatoms. The molecule has 0 saturated carbocycles. The first-order valence-electron chi connectivity index (χ1n) is 16.8. The van der Waals surface area contributed by atoms with Crippen LogP contribution in [0, 0.1) is 5.92 Å². The van der Waals surface area contributed by atoms with E-state index in [1.165, 1.54) is 0 Å². The molecule has 250 valence electrons. The van der Waals surface area contributed by atoms with Crippen molar-refractivity contribution < 1.29 is 19.8 Å². The number of rotatable bonds is 11. The fraction of sp³-hybridized carbons (Fsp3) is 0.368. The standard InChI is InChI=1S/C38H42BrN5O4/c1-27(12-8-10-20-42-25-34(40-41-42)32(26-45)29-14-5-4-6-15-29)38(48)33-23-30(39)18-19-35(33)44(37(38)47)24-28-13-11-16-31(22-28)43-21-9-3-2-7-17-36(43)46/h4-6,8,11-16,18-19,22-23,25,27,32,45,48H,2-3,7,9-10,17,20-21,24,26H2,1H3/b12-8+/t27-,32?,38+/m1/s1. The van der Waals surface area contributed by atoms with Gasteiger partial charge in [0.05, 0.1) is 30.5 Å². The SMILES string of the molecule is C[C@H](/C=C/CCn1cc(C(CO)c2ccccc2)nn1)[C@@]1(O)C(=O)N(Cc2cccc(N3CCCCCCC3=O)c2)c2ccc(Br)cc21. The third-order valence-electron chi connectivity index (χ3n) is 9.52. The summed E-state index contributed by atoms with van der Waals surface area (Å²) in [6.45, 7) is 3.31. The Balaban J connectivity index is 1.16. The molecule has 0 spiro atoms. The summed E-state index contributed by atoms with van der Waals surface area (Å²) >= 11 is 3.54. The summed E-state index contributed by atoms with van der Waals surface area (Å²) in [5, 5.41) is 30.7. The van der Waals surface area contributed by atoms with Gasteiger partial charge in [0.25, 0.3) is 5.91 Å². The van der Waals surface area contributed by atoms with Crippen LogP contribution < -0.4 is 9.80 Å². The Labute approximate surface area is 290 Å². The van der Waals surface area contributed by atoms with Gasteiger partial charge < -0.3 is 20.0 Å². The molecule has 1 fully saturated rings. The molecular weight excluding hydrogens is 670 g/mol. The number of carbonyl (C=O) groups excluding carboxylic acids is 2. The predicted octanol–water partition coefficient (Wildman–Crippen LogP) is 6.48. The molecule has 2 amide bonds. The number of amides is 2. The van der Waals surface area contributed by atoms with Gasteiger partial charge in [-0.05, 0) is 60.7 Å². The van der Waals surface area contributed by atoms with Crippen molar-refractivity contribution in [2.45, 2.75) is 70.1 Å². The Hall–Kier alpha value is -4.12. The van der Waals surface area contributed by atoms with E-state index in [1.807, 2.05) is 103 Å². The first-order chi connectivity index (χ1) is 23.3. The minimum Gasteiger partial charge on any atom is -0.395 e. The van der Waals surface area contributed by atoms with Gasteiger partial charge in [-0.2, -0.15) is 0 Å². The largest absolute Gasteiger partial charge is 0.395 e. The fourth-order valence-corrected chi connectivity index (χ4v) is 7.16. The second-order valence-corrected chi connectivity index (χ2v) is 13.7. The molecule has 1 unspecified atom stereocenters. The Bertz CT molecular complexity index is 1780. The van der Waals surface area contributed by atoms with Crippen molar-refractivity contribution in [3.8, 4) is 0 Å². The molecule has 3 atom stereocenters. The lowest BCUT2D eigenvalue weighted by molar-refractivity contribution is -0.139. The molecule has 2 aliphatic heterocycles. The summed E-state index contributed by atoms with van der Waals surface area (Å²) in [5.74, 6) is -1.00. The van der Waals surface area contributed by atoms with E-state index in [9.17, 15) is 19.8 Å². The predicted molar refractivity (Wildman–Crippen MR) is 189 cm³/mol. The third-order valence-corrected chi connectivity index (χ3v) is 10.0. The van der Waals surface area contributed by atoms with Gasteiger partial charge in [0, 0.05) is 47.3 Å². The van der Waals surface area contributed by atoms with Crippen LogP contribution in [0.2, 0.25) is 0 Å². The number of halogens is 1. The number of hydrogen-bond donors (Lipinski definition) is 2. The van der Waals surface area contributed by atoms with Crippen LogP contribution in [0.1, 0.15) is 73.8 Å². The Morgan fingerprint density at radius 3 is 2.62 bits per heavy atom. The quantitative estimate of drug-likeness (QED) is 0.172. The van der Waals surface area contributed by atoms with Crippen LogP contribution in [-0.4, -0.2) is 50.2 Å². The van der Waals surface area contributed by atoms with Crippen molar-refractivity contribution in [3.05, 3.63) is 118 Å². The first kappa shape index (κ1) is 33.8. The highest BCUT2D eigenvalue weighted by molar-refractivity contribution is 9.10. The van der Waals surface area contributed by atoms with Gasteiger partial charge in [-0.3, -0.25) is 14.3 Å². The van der Waals surface area contributed by atoms with E-state index in [1.54, 1.807) is 9.58 Å². The Kier molecular flexibility index (Phi) is 10.5. The number of nitrogens with zero attached hydrogens (tertiary/aromatic N) is 5. The van der Waals surface area contributed by atoms with Crippen LogP contribution in [0.5, 0.6) is 0 Å². The highest BCUT2D eigenvalue weighted by atomic mass is 79.9. The van der Waals surface area contributed by atoms with Crippen LogP contribution in [-0.2, 0) is 28.3 Å². The maximum absolute atomic E-state index is 14.1. The number of aliphatic hydroxyl groups excluding tert-OH is 1. The molecule has 1 aromatic heterocycles. The summed E-state index contributed by atoms with van der Waals surface area (Å²) in [7, 11) is 0. The average molecular weight is 713 g/mol. The second-order valence-electron chi connectivity index (χ2n) is 12.8. The third kappa shape index (κ3) is 7.02. The molecule has 6 rings (SSSR count). The number of benzene rings is 3. The molecule has 3 aromatic carbocycles. The zero-order chi connectivity index (χ0) is 33.7. The number of aryl methyl sites for hydroxylation is 1. The van der Waals surface area contributed by atoms with E-state index in [0.29, 0.717) is 42.9 Å². The zero-order valence-corrected chi connectivity index (χ0v) is 28.8. The van der Waals surface area contributed by atoms with E-state index in [4.69, 9.17) is 0 Å². The summed E-state index contributed by atoms with van der Waals surface area (Å²) in [4.78, 5) is 30.6. The van der Waals surface area contributed by atoms with Crippen molar-refractivity contribution >= 4 is 39.1 Å². The van der Waals surface area contributed by atoms with E-state index in [-0.39, 0.29) is 30.9 Å². The molecule has 3 heterocycles.